The van der Waals surface area contributed by atoms with E-state index in [0.29, 0.717) is 12.0 Å². The van der Waals surface area contributed by atoms with Crippen molar-refractivity contribution in [3.05, 3.63) is 0 Å². The van der Waals surface area contributed by atoms with Crippen molar-refractivity contribution in [1.82, 2.24) is 5.32 Å². The molecule has 0 amide bonds. The zero-order valence-electron chi connectivity index (χ0n) is 9.99. The molecule has 0 saturated carbocycles. The molecule has 2 unspecified atom stereocenters. The van der Waals surface area contributed by atoms with Crippen LogP contribution in [0.15, 0.2) is 0 Å². The molecule has 90 valence electrons. The lowest BCUT2D eigenvalue weighted by Gasteiger charge is -2.19. The van der Waals surface area contributed by atoms with E-state index in [-0.39, 0.29) is 6.29 Å². The lowest BCUT2D eigenvalue weighted by atomic mass is 10.00. The Morgan fingerprint density at radius 3 is 2.73 bits per heavy atom. The molecule has 0 aromatic carbocycles. The van der Waals surface area contributed by atoms with E-state index in [1.807, 2.05) is 0 Å². The third-order valence-corrected chi connectivity index (χ3v) is 2.99. The Bertz CT molecular complexity index is 162. The minimum atomic E-state index is -0.146. The van der Waals surface area contributed by atoms with Crippen molar-refractivity contribution in [3.8, 4) is 0 Å². The topological polar surface area (TPSA) is 39.7 Å². The van der Waals surface area contributed by atoms with Gasteiger partial charge in [0.25, 0.3) is 0 Å². The van der Waals surface area contributed by atoms with Gasteiger partial charge >= 0.3 is 0 Å². The van der Waals surface area contributed by atoms with Crippen LogP contribution in [-0.2, 0) is 14.2 Å². The molecule has 1 N–H and O–H groups in total. The summed E-state index contributed by atoms with van der Waals surface area (Å²) in [6, 6.07) is 0. The minimum Gasteiger partial charge on any atom is -0.378 e. The van der Waals surface area contributed by atoms with Gasteiger partial charge in [0.2, 0.25) is 0 Å². The molecule has 1 aliphatic heterocycles. The summed E-state index contributed by atoms with van der Waals surface area (Å²) < 4.78 is 15.8. The van der Waals surface area contributed by atoms with Crippen LogP contribution >= 0.6 is 0 Å². The lowest BCUT2D eigenvalue weighted by Crippen LogP contribution is -2.35. The van der Waals surface area contributed by atoms with E-state index >= 15 is 0 Å². The molecule has 0 spiro atoms. The standard InChI is InChI=1S/C11H23NO3/c1-4-10-9(5-6-15-10)7-12-8-11(13-2)14-3/h9-12H,4-8H2,1-3H3. The zero-order valence-corrected chi connectivity index (χ0v) is 9.99. The first-order chi connectivity index (χ1) is 7.31. The van der Waals surface area contributed by atoms with Gasteiger partial charge in [-0.15, -0.1) is 0 Å². The maximum absolute atomic E-state index is 5.62. The number of ether oxygens (including phenoxy) is 3. The van der Waals surface area contributed by atoms with Crippen molar-refractivity contribution in [2.24, 2.45) is 5.92 Å². The number of hydrogen-bond acceptors (Lipinski definition) is 4. The SMILES string of the molecule is CCC1OCCC1CNCC(OC)OC. The summed E-state index contributed by atoms with van der Waals surface area (Å²) in [6.07, 6.45) is 2.55. The maximum atomic E-state index is 5.62. The van der Waals surface area contributed by atoms with Crippen LogP contribution in [0.4, 0.5) is 0 Å². The normalized spacial score (nSPS) is 26.4. The summed E-state index contributed by atoms with van der Waals surface area (Å²) in [4.78, 5) is 0. The molecule has 15 heavy (non-hydrogen) atoms. The monoisotopic (exact) mass is 217 g/mol. The van der Waals surface area contributed by atoms with E-state index in [2.05, 4.69) is 12.2 Å². The third-order valence-electron chi connectivity index (χ3n) is 2.99. The second-order valence-electron chi connectivity index (χ2n) is 3.93. The second-order valence-corrected chi connectivity index (χ2v) is 3.93. The fraction of sp³-hybridized carbons (Fsp3) is 1.00. The van der Waals surface area contributed by atoms with E-state index in [1.165, 1.54) is 0 Å². The predicted octanol–water partition coefficient (Wildman–Crippen LogP) is 1.01. The predicted molar refractivity (Wildman–Crippen MR) is 58.8 cm³/mol. The van der Waals surface area contributed by atoms with Crippen LogP contribution in [0.1, 0.15) is 19.8 Å². The van der Waals surface area contributed by atoms with Crippen molar-refractivity contribution < 1.29 is 14.2 Å². The quantitative estimate of drug-likeness (QED) is 0.646. The van der Waals surface area contributed by atoms with Gasteiger partial charge in [-0.3, -0.25) is 0 Å². The number of methoxy groups -OCH3 is 2. The molecule has 0 aromatic rings. The largest absolute Gasteiger partial charge is 0.378 e. The highest BCUT2D eigenvalue weighted by Crippen LogP contribution is 2.22. The van der Waals surface area contributed by atoms with Crippen LogP contribution in [0.3, 0.4) is 0 Å². The molecule has 1 aliphatic rings. The highest BCUT2D eigenvalue weighted by atomic mass is 16.7. The first-order valence-electron chi connectivity index (χ1n) is 5.69. The highest BCUT2D eigenvalue weighted by molar-refractivity contribution is 4.77. The Labute approximate surface area is 92.3 Å². The van der Waals surface area contributed by atoms with Crippen molar-refractivity contribution in [2.75, 3.05) is 33.9 Å². The second kappa shape index (κ2) is 7.17. The molecular weight excluding hydrogens is 194 g/mol. The summed E-state index contributed by atoms with van der Waals surface area (Å²) in [7, 11) is 3.31. The minimum absolute atomic E-state index is 0.146. The van der Waals surface area contributed by atoms with Crippen LogP contribution in [0.25, 0.3) is 0 Å². The molecule has 1 heterocycles. The van der Waals surface area contributed by atoms with Gasteiger partial charge in [-0.25, -0.2) is 0 Å². The highest BCUT2D eigenvalue weighted by Gasteiger charge is 2.26. The average molecular weight is 217 g/mol. The molecule has 1 fully saturated rings. The Kier molecular flexibility index (Phi) is 6.17. The van der Waals surface area contributed by atoms with Gasteiger partial charge in [-0.05, 0) is 18.8 Å². The molecule has 4 heteroatoms. The molecule has 4 nitrogen and oxygen atoms in total. The maximum Gasteiger partial charge on any atom is 0.169 e. The van der Waals surface area contributed by atoms with Gasteiger partial charge in [0, 0.05) is 33.9 Å². The van der Waals surface area contributed by atoms with Gasteiger partial charge in [-0.1, -0.05) is 6.92 Å². The van der Waals surface area contributed by atoms with Crippen LogP contribution in [0.2, 0.25) is 0 Å². The van der Waals surface area contributed by atoms with Crippen molar-refractivity contribution >= 4 is 0 Å². The van der Waals surface area contributed by atoms with Crippen LogP contribution < -0.4 is 5.32 Å². The fourth-order valence-electron chi connectivity index (χ4n) is 2.03. The van der Waals surface area contributed by atoms with E-state index in [1.54, 1.807) is 14.2 Å². The first-order valence-corrected chi connectivity index (χ1v) is 5.69. The molecule has 0 aliphatic carbocycles. The molecule has 1 saturated heterocycles. The summed E-state index contributed by atoms with van der Waals surface area (Å²) in [5.41, 5.74) is 0. The summed E-state index contributed by atoms with van der Waals surface area (Å²) in [5, 5.41) is 3.36. The third kappa shape index (κ3) is 4.07. The molecule has 0 bridgehead atoms. The van der Waals surface area contributed by atoms with E-state index in [4.69, 9.17) is 14.2 Å². The van der Waals surface area contributed by atoms with Crippen molar-refractivity contribution in [3.63, 3.8) is 0 Å². The van der Waals surface area contributed by atoms with E-state index in [0.717, 1.165) is 32.5 Å². The Morgan fingerprint density at radius 2 is 2.13 bits per heavy atom. The van der Waals surface area contributed by atoms with Crippen LogP contribution in [0.5, 0.6) is 0 Å². The summed E-state index contributed by atoms with van der Waals surface area (Å²) in [5.74, 6) is 0.643. The number of nitrogens with one attached hydrogen (secondary N) is 1. The van der Waals surface area contributed by atoms with Gasteiger partial charge in [-0.2, -0.15) is 0 Å². The Balaban J connectivity index is 2.13. The molecule has 0 radical (unpaired) electrons. The number of hydrogen-bond donors (Lipinski definition) is 1. The Hall–Kier alpha value is -0.160. The van der Waals surface area contributed by atoms with E-state index in [9.17, 15) is 0 Å². The lowest BCUT2D eigenvalue weighted by molar-refractivity contribution is -0.0991. The zero-order chi connectivity index (χ0) is 11.1. The van der Waals surface area contributed by atoms with Gasteiger partial charge < -0.3 is 19.5 Å². The van der Waals surface area contributed by atoms with Crippen LogP contribution in [-0.4, -0.2) is 46.3 Å². The van der Waals surface area contributed by atoms with Gasteiger partial charge in [0.15, 0.2) is 6.29 Å². The molecule has 2 atom stereocenters. The smallest absolute Gasteiger partial charge is 0.169 e. The fourth-order valence-corrected chi connectivity index (χ4v) is 2.03. The molecule has 1 rings (SSSR count). The van der Waals surface area contributed by atoms with E-state index < -0.39 is 0 Å². The first kappa shape index (κ1) is 12.9. The molecule has 0 aromatic heterocycles. The van der Waals surface area contributed by atoms with Gasteiger partial charge in [0.1, 0.15) is 0 Å². The van der Waals surface area contributed by atoms with Crippen molar-refractivity contribution in [1.29, 1.82) is 0 Å². The molecular formula is C11H23NO3. The summed E-state index contributed by atoms with van der Waals surface area (Å²) in [6.45, 7) is 4.81. The van der Waals surface area contributed by atoms with Gasteiger partial charge in [0.05, 0.1) is 6.10 Å². The Morgan fingerprint density at radius 1 is 1.40 bits per heavy atom. The average Bonchev–Trinajstić information content (AvgIpc) is 2.72. The van der Waals surface area contributed by atoms with Crippen LogP contribution in [0, 0.1) is 5.92 Å². The number of rotatable bonds is 7. The summed E-state index contributed by atoms with van der Waals surface area (Å²) >= 11 is 0. The van der Waals surface area contributed by atoms with Crippen molar-refractivity contribution in [2.45, 2.75) is 32.2 Å².